The zero-order valence-electron chi connectivity index (χ0n) is 10.0. The van der Waals surface area contributed by atoms with E-state index in [4.69, 9.17) is 4.74 Å². The number of hydrogen-bond donors (Lipinski definition) is 0. The van der Waals surface area contributed by atoms with E-state index >= 15 is 0 Å². The van der Waals surface area contributed by atoms with Crippen LogP contribution >= 0.6 is 0 Å². The Morgan fingerprint density at radius 3 is 2.12 bits per heavy atom. The van der Waals surface area contributed by atoms with Gasteiger partial charge in [0.15, 0.2) is 0 Å². The van der Waals surface area contributed by atoms with E-state index in [2.05, 4.69) is 0 Å². The van der Waals surface area contributed by atoms with Crippen LogP contribution in [0.3, 0.4) is 0 Å². The Bertz CT molecular complexity index is 366. The summed E-state index contributed by atoms with van der Waals surface area (Å²) in [4.78, 5) is 0. The van der Waals surface area contributed by atoms with E-state index in [0.717, 1.165) is 13.1 Å². The summed E-state index contributed by atoms with van der Waals surface area (Å²) >= 11 is 0. The summed E-state index contributed by atoms with van der Waals surface area (Å²) in [6, 6.07) is 0. The third-order valence-electron chi connectivity index (χ3n) is 4.32. The molecule has 0 spiro atoms. The molecule has 6 heteroatoms. The van der Waals surface area contributed by atoms with Crippen LogP contribution in [0, 0.1) is 11.8 Å². The lowest BCUT2D eigenvalue weighted by Gasteiger charge is -2.30. The second-order valence-corrected chi connectivity index (χ2v) is 7.22. The molecule has 2 heterocycles. The molecule has 3 fully saturated rings. The Morgan fingerprint density at radius 1 is 0.941 bits per heavy atom. The molecular formula is C11H20N2O3S. The SMILES string of the molecule is O=S(=O)(N1CCOCC1)N1C[C@@H]2CCC[C@H]2C1. The van der Waals surface area contributed by atoms with E-state index in [0.29, 0.717) is 38.1 Å². The monoisotopic (exact) mass is 260 g/mol. The third kappa shape index (κ3) is 2.12. The molecule has 2 aliphatic heterocycles. The van der Waals surface area contributed by atoms with Crippen molar-refractivity contribution in [3.63, 3.8) is 0 Å². The first-order chi connectivity index (χ1) is 8.18. The summed E-state index contributed by atoms with van der Waals surface area (Å²) in [5.74, 6) is 1.23. The Labute approximate surface area is 103 Å². The maximum absolute atomic E-state index is 12.4. The molecule has 2 saturated heterocycles. The van der Waals surface area contributed by atoms with Gasteiger partial charge in [-0.05, 0) is 24.7 Å². The van der Waals surface area contributed by atoms with Crippen molar-refractivity contribution in [2.24, 2.45) is 11.8 Å². The summed E-state index contributed by atoms with van der Waals surface area (Å²) in [6.45, 7) is 3.55. The van der Waals surface area contributed by atoms with Crippen LogP contribution in [0.4, 0.5) is 0 Å². The smallest absolute Gasteiger partial charge is 0.282 e. The van der Waals surface area contributed by atoms with Crippen molar-refractivity contribution in [1.29, 1.82) is 0 Å². The molecule has 2 atom stereocenters. The van der Waals surface area contributed by atoms with E-state index in [-0.39, 0.29) is 0 Å². The molecule has 0 unspecified atom stereocenters. The van der Waals surface area contributed by atoms with Gasteiger partial charge in [0.1, 0.15) is 0 Å². The van der Waals surface area contributed by atoms with E-state index in [9.17, 15) is 8.42 Å². The molecule has 0 aromatic carbocycles. The highest BCUT2D eigenvalue weighted by Gasteiger charge is 2.43. The molecule has 0 aromatic rings. The van der Waals surface area contributed by atoms with E-state index in [1.807, 2.05) is 0 Å². The fraction of sp³-hybridized carbons (Fsp3) is 1.00. The van der Waals surface area contributed by atoms with Crippen molar-refractivity contribution in [2.75, 3.05) is 39.4 Å². The van der Waals surface area contributed by atoms with Gasteiger partial charge in [0, 0.05) is 26.2 Å². The highest BCUT2D eigenvalue weighted by atomic mass is 32.2. The van der Waals surface area contributed by atoms with Crippen LogP contribution < -0.4 is 0 Å². The lowest BCUT2D eigenvalue weighted by molar-refractivity contribution is 0.0704. The fourth-order valence-electron chi connectivity index (χ4n) is 3.32. The van der Waals surface area contributed by atoms with Crippen LogP contribution in [0.15, 0.2) is 0 Å². The van der Waals surface area contributed by atoms with Gasteiger partial charge < -0.3 is 4.74 Å². The standard InChI is InChI=1S/C11H20N2O3S/c14-17(15,12-4-6-16-7-5-12)13-8-10-2-1-3-11(10)9-13/h10-11H,1-9H2/t10-,11-/m0/s1. The van der Waals surface area contributed by atoms with E-state index in [1.165, 1.54) is 19.3 Å². The molecule has 3 rings (SSSR count). The average Bonchev–Trinajstić information content (AvgIpc) is 2.90. The molecule has 0 N–H and O–H groups in total. The molecule has 0 bridgehead atoms. The molecule has 1 aliphatic carbocycles. The first kappa shape index (κ1) is 11.9. The zero-order chi connectivity index (χ0) is 11.9. The van der Waals surface area contributed by atoms with Crippen LogP contribution in [-0.2, 0) is 14.9 Å². The van der Waals surface area contributed by atoms with Gasteiger partial charge in [-0.15, -0.1) is 0 Å². The topological polar surface area (TPSA) is 49.9 Å². The highest BCUT2D eigenvalue weighted by molar-refractivity contribution is 7.86. The lowest BCUT2D eigenvalue weighted by atomic mass is 10.0. The van der Waals surface area contributed by atoms with Crippen LogP contribution in [0.2, 0.25) is 0 Å². The van der Waals surface area contributed by atoms with E-state index in [1.54, 1.807) is 8.61 Å². The molecule has 0 amide bonds. The van der Waals surface area contributed by atoms with Gasteiger partial charge in [-0.3, -0.25) is 0 Å². The zero-order valence-corrected chi connectivity index (χ0v) is 10.9. The molecule has 98 valence electrons. The maximum Gasteiger partial charge on any atom is 0.282 e. The molecule has 1 saturated carbocycles. The van der Waals surface area contributed by atoms with Crippen molar-refractivity contribution in [3.8, 4) is 0 Å². The second kappa shape index (κ2) is 4.50. The van der Waals surface area contributed by atoms with Crippen molar-refractivity contribution in [1.82, 2.24) is 8.61 Å². The lowest BCUT2D eigenvalue weighted by Crippen LogP contribution is -2.48. The molecule has 3 aliphatic rings. The minimum atomic E-state index is -3.22. The maximum atomic E-state index is 12.4. The first-order valence-electron chi connectivity index (χ1n) is 6.51. The quantitative estimate of drug-likeness (QED) is 0.717. The van der Waals surface area contributed by atoms with Crippen LogP contribution in [0.25, 0.3) is 0 Å². The van der Waals surface area contributed by atoms with Crippen molar-refractivity contribution >= 4 is 10.2 Å². The predicted molar refractivity (Wildman–Crippen MR) is 63.7 cm³/mol. The van der Waals surface area contributed by atoms with Crippen LogP contribution in [0.1, 0.15) is 19.3 Å². The van der Waals surface area contributed by atoms with Gasteiger partial charge in [-0.1, -0.05) is 6.42 Å². The summed E-state index contributed by atoms with van der Waals surface area (Å²) in [7, 11) is -3.22. The summed E-state index contributed by atoms with van der Waals surface area (Å²) in [5.41, 5.74) is 0. The van der Waals surface area contributed by atoms with Gasteiger partial charge in [0.05, 0.1) is 13.2 Å². The summed E-state index contributed by atoms with van der Waals surface area (Å²) in [5, 5.41) is 0. The summed E-state index contributed by atoms with van der Waals surface area (Å²) < 4.78 is 33.3. The Kier molecular flexibility index (Phi) is 3.15. The summed E-state index contributed by atoms with van der Waals surface area (Å²) in [6.07, 6.45) is 3.69. The van der Waals surface area contributed by atoms with Gasteiger partial charge >= 0.3 is 0 Å². The number of ether oxygens (including phenoxy) is 1. The number of fused-ring (bicyclic) bond motifs is 1. The fourth-order valence-corrected chi connectivity index (χ4v) is 5.02. The number of morpholine rings is 1. The number of hydrogen-bond acceptors (Lipinski definition) is 3. The highest BCUT2D eigenvalue weighted by Crippen LogP contribution is 2.39. The van der Waals surface area contributed by atoms with Crippen molar-refractivity contribution in [3.05, 3.63) is 0 Å². The molecule has 0 aromatic heterocycles. The minimum Gasteiger partial charge on any atom is -0.379 e. The molecule has 17 heavy (non-hydrogen) atoms. The Balaban J connectivity index is 1.70. The molecular weight excluding hydrogens is 240 g/mol. The molecule has 0 radical (unpaired) electrons. The predicted octanol–water partition coefficient (Wildman–Crippen LogP) is 0.295. The average molecular weight is 260 g/mol. The number of rotatable bonds is 2. The Morgan fingerprint density at radius 2 is 1.53 bits per heavy atom. The van der Waals surface area contributed by atoms with Crippen molar-refractivity contribution < 1.29 is 13.2 Å². The first-order valence-corrected chi connectivity index (χ1v) is 7.90. The van der Waals surface area contributed by atoms with Gasteiger partial charge in [-0.25, -0.2) is 0 Å². The molecule has 5 nitrogen and oxygen atoms in total. The minimum absolute atomic E-state index is 0.508. The van der Waals surface area contributed by atoms with E-state index < -0.39 is 10.2 Å². The van der Waals surface area contributed by atoms with Gasteiger partial charge in [-0.2, -0.15) is 17.0 Å². The normalized spacial score (nSPS) is 36.2. The number of nitrogens with zero attached hydrogens (tertiary/aromatic N) is 2. The van der Waals surface area contributed by atoms with Gasteiger partial charge in [0.25, 0.3) is 10.2 Å². The second-order valence-electron chi connectivity index (χ2n) is 5.29. The largest absolute Gasteiger partial charge is 0.379 e. The van der Waals surface area contributed by atoms with Crippen LogP contribution in [-0.4, -0.2) is 56.4 Å². The van der Waals surface area contributed by atoms with Crippen molar-refractivity contribution in [2.45, 2.75) is 19.3 Å². The van der Waals surface area contributed by atoms with Crippen LogP contribution in [0.5, 0.6) is 0 Å². The Hall–Kier alpha value is -0.170. The van der Waals surface area contributed by atoms with Gasteiger partial charge in [0.2, 0.25) is 0 Å². The third-order valence-corrected chi connectivity index (χ3v) is 6.28.